The fraction of sp³-hybridized carbons (Fsp3) is 0.550. The molecule has 0 spiro atoms. The summed E-state index contributed by atoms with van der Waals surface area (Å²) >= 11 is 1.49. The van der Waals surface area contributed by atoms with E-state index < -0.39 is 18.1 Å². The number of pyridine rings is 1. The van der Waals surface area contributed by atoms with Gasteiger partial charge in [-0.15, -0.1) is 11.8 Å². The van der Waals surface area contributed by atoms with Crippen molar-refractivity contribution in [3.63, 3.8) is 0 Å². The Balaban J connectivity index is 1.97. The van der Waals surface area contributed by atoms with Crippen molar-refractivity contribution in [2.45, 2.75) is 55.8 Å². The van der Waals surface area contributed by atoms with Gasteiger partial charge in [0, 0.05) is 25.8 Å². The largest absolute Gasteiger partial charge is 0.467 e. The fourth-order valence-electron chi connectivity index (χ4n) is 4.07. The Morgan fingerprint density at radius 1 is 1.25 bits per heavy atom. The van der Waals surface area contributed by atoms with Crippen LogP contribution in [0, 0.1) is 0 Å². The number of nitrogens with zero attached hydrogens (tertiary/aromatic N) is 2. The van der Waals surface area contributed by atoms with Crippen LogP contribution in [-0.4, -0.2) is 45.9 Å². The number of rotatable bonds is 2. The molecule has 0 radical (unpaired) electrons. The Morgan fingerprint density at radius 2 is 2.00 bits per heavy atom. The zero-order valence-electron chi connectivity index (χ0n) is 16.0. The second kappa shape index (κ2) is 7.40. The number of aromatic nitrogens is 1. The number of fused-ring (bicyclic) bond motifs is 2. The van der Waals surface area contributed by atoms with Gasteiger partial charge in [-0.3, -0.25) is 14.2 Å². The van der Waals surface area contributed by atoms with E-state index in [-0.39, 0.29) is 11.5 Å². The predicted octanol–water partition coefficient (Wildman–Crippen LogP) is 1.89. The van der Waals surface area contributed by atoms with E-state index >= 15 is 0 Å². The summed E-state index contributed by atoms with van der Waals surface area (Å²) < 4.78 is 6.43. The van der Waals surface area contributed by atoms with Gasteiger partial charge in [0.15, 0.2) is 0 Å². The van der Waals surface area contributed by atoms with Gasteiger partial charge in [0.1, 0.15) is 6.04 Å². The molecule has 1 aromatic rings. The van der Waals surface area contributed by atoms with Crippen LogP contribution in [0.2, 0.25) is 0 Å². The number of hydrogen-bond donors (Lipinski definition) is 1. The molecule has 3 heterocycles. The van der Waals surface area contributed by atoms with Gasteiger partial charge < -0.3 is 14.7 Å². The number of aliphatic hydroxyl groups excluding tert-OH is 1. The van der Waals surface area contributed by atoms with Crippen LogP contribution >= 0.6 is 11.8 Å². The van der Waals surface area contributed by atoms with Crippen LogP contribution in [0.3, 0.4) is 0 Å². The zero-order chi connectivity index (χ0) is 20.0. The molecule has 1 fully saturated rings. The molecule has 7 nitrogen and oxygen atoms in total. The second-order valence-electron chi connectivity index (χ2n) is 7.53. The summed E-state index contributed by atoms with van der Waals surface area (Å²) in [5, 5.41) is 11.6. The number of aliphatic hydroxyl groups is 1. The van der Waals surface area contributed by atoms with E-state index in [2.05, 4.69) is 0 Å². The predicted molar refractivity (Wildman–Crippen MR) is 104 cm³/mol. The molecule has 4 rings (SSSR count). The molecule has 8 heteroatoms. The number of ether oxygens (including phenoxy) is 1. The first-order valence-electron chi connectivity index (χ1n) is 9.54. The van der Waals surface area contributed by atoms with Gasteiger partial charge in [-0.2, -0.15) is 0 Å². The molecular weight excluding hydrogens is 380 g/mol. The van der Waals surface area contributed by atoms with Crippen molar-refractivity contribution in [1.29, 1.82) is 0 Å². The van der Waals surface area contributed by atoms with Crippen molar-refractivity contribution in [2.24, 2.45) is 0 Å². The SMILES string of the molecule is COC(=O)[C@@H]1CSc2c(C3CC3)c3c(c(=O)n21)C(O)C/C=C\CN(C(C)=O)C3. The van der Waals surface area contributed by atoms with Gasteiger partial charge in [-0.1, -0.05) is 12.2 Å². The molecule has 150 valence electrons. The summed E-state index contributed by atoms with van der Waals surface area (Å²) in [5.41, 5.74) is 1.77. The number of hydrogen-bond acceptors (Lipinski definition) is 6. The van der Waals surface area contributed by atoms with Crippen molar-refractivity contribution in [3.8, 4) is 0 Å². The van der Waals surface area contributed by atoms with Crippen molar-refractivity contribution in [2.75, 3.05) is 19.4 Å². The molecule has 0 saturated heterocycles. The molecule has 1 aromatic heterocycles. The van der Waals surface area contributed by atoms with Crippen molar-refractivity contribution in [3.05, 3.63) is 39.2 Å². The van der Waals surface area contributed by atoms with E-state index in [0.717, 1.165) is 29.0 Å². The lowest BCUT2D eigenvalue weighted by Gasteiger charge is -2.26. The highest BCUT2D eigenvalue weighted by molar-refractivity contribution is 7.99. The number of esters is 1. The Morgan fingerprint density at radius 3 is 2.64 bits per heavy atom. The average Bonchev–Trinajstić information content (AvgIpc) is 3.38. The highest BCUT2D eigenvalue weighted by Gasteiger charge is 2.41. The van der Waals surface area contributed by atoms with E-state index in [0.29, 0.717) is 36.7 Å². The minimum Gasteiger partial charge on any atom is -0.467 e. The number of amides is 1. The lowest BCUT2D eigenvalue weighted by atomic mass is 9.94. The molecule has 0 aromatic carbocycles. The average molecular weight is 404 g/mol. The molecule has 3 aliphatic rings. The van der Waals surface area contributed by atoms with Crippen molar-refractivity contribution in [1.82, 2.24) is 9.47 Å². The molecule has 0 bridgehead atoms. The van der Waals surface area contributed by atoms with Crippen LogP contribution in [0.15, 0.2) is 22.0 Å². The highest BCUT2D eigenvalue weighted by Crippen LogP contribution is 2.50. The number of thioether (sulfide) groups is 1. The minimum atomic E-state index is -0.968. The summed E-state index contributed by atoms with van der Waals surface area (Å²) in [4.78, 5) is 39.6. The van der Waals surface area contributed by atoms with E-state index in [1.165, 1.54) is 30.4 Å². The molecule has 1 aliphatic carbocycles. The Labute approximate surface area is 167 Å². The second-order valence-corrected chi connectivity index (χ2v) is 8.54. The third kappa shape index (κ3) is 3.18. The quantitative estimate of drug-likeness (QED) is 0.598. The topological polar surface area (TPSA) is 88.8 Å². The van der Waals surface area contributed by atoms with Gasteiger partial charge in [0.05, 0.1) is 23.8 Å². The molecule has 1 unspecified atom stereocenters. The summed E-state index contributed by atoms with van der Waals surface area (Å²) in [5.74, 6) is 0.221. The minimum absolute atomic E-state index is 0.0746. The van der Waals surface area contributed by atoms with Crippen LogP contribution in [-0.2, 0) is 20.9 Å². The van der Waals surface area contributed by atoms with Crippen molar-refractivity contribution >= 4 is 23.6 Å². The first-order chi connectivity index (χ1) is 13.4. The van der Waals surface area contributed by atoms with Gasteiger partial charge in [0.2, 0.25) is 5.91 Å². The van der Waals surface area contributed by atoms with E-state index in [9.17, 15) is 19.5 Å². The summed E-state index contributed by atoms with van der Waals surface area (Å²) in [6.45, 7) is 2.26. The summed E-state index contributed by atoms with van der Waals surface area (Å²) in [6, 6.07) is -0.681. The van der Waals surface area contributed by atoms with E-state index in [1.807, 2.05) is 6.08 Å². The van der Waals surface area contributed by atoms with Gasteiger partial charge in [-0.25, -0.2) is 4.79 Å². The van der Waals surface area contributed by atoms with Crippen LogP contribution in [0.1, 0.15) is 60.9 Å². The molecule has 1 N–H and O–H groups in total. The number of methoxy groups -OCH3 is 1. The maximum atomic E-state index is 13.5. The molecule has 1 amide bonds. The smallest absolute Gasteiger partial charge is 0.329 e. The first kappa shape index (κ1) is 19.3. The zero-order valence-corrected chi connectivity index (χ0v) is 16.8. The molecular formula is C20H24N2O5S. The first-order valence-corrected chi connectivity index (χ1v) is 10.5. The third-order valence-electron chi connectivity index (χ3n) is 5.68. The lowest BCUT2D eigenvalue weighted by molar-refractivity contribution is -0.144. The molecule has 28 heavy (non-hydrogen) atoms. The number of carbonyl (C=O) groups excluding carboxylic acids is 2. The lowest BCUT2D eigenvalue weighted by Crippen LogP contribution is -2.36. The highest BCUT2D eigenvalue weighted by atomic mass is 32.2. The van der Waals surface area contributed by atoms with Crippen LogP contribution in [0.5, 0.6) is 0 Å². The van der Waals surface area contributed by atoms with Gasteiger partial charge in [0.25, 0.3) is 5.56 Å². The fourth-order valence-corrected chi connectivity index (χ4v) is 5.47. The number of carbonyl (C=O) groups is 2. The van der Waals surface area contributed by atoms with Crippen molar-refractivity contribution < 1.29 is 19.4 Å². The monoisotopic (exact) mass is 404 g/mol. The standard InChI is InChI=1S/C20H24N2O5S/c1-11(23)21-8-4-3-5-15(24)17-13(9-21)16(12-6-7-12)19-22(18(17)25)14(10-28-19)20(26)27-2/h3-4,12,14-15,24H,5-10H2,1-2H3/b4-3-/t14-,15?/m0/s1. The third-order valence-corrected chi connectivity index (χ3v) is 6.85. The van der Waals surface area contributed by atoms with E-state index in [4.69, 9.17) is 4.74 Å². The molecule has 2 atom stereocenters. The molecule has 2 aliphatic heterocycles. The Hall–Kier alpha value is -2.06. The maximum Gasteiger partial charge on any atom is 0.329 e. The normalized spacial score (nSPS) is 25.2. The van der Waals surface area contributed by atoms with Crippen LogP contribution in [0.25, 0.3) is 0 Å². The summed E-state index contributed by atoms with van der Waals surface area (Å²) in [6.07, 6.45) is 5.00. The van der Waals surface area contributed by atoms with Crippen LogP contribution < -0.4 is 5.56 Å². The van der Waals surface area contributed by atoms with Crippen LogP contribution in [0.4, 0.5) is 0 Å². The Kier molecular flexibility index (Phi) is 5.09. The summed E-state index contributed by atoms with van der Waals surface area (Å²) in [7, 11) is 1.32. The molecule has 1 saturated carbocycles. The maximum absolute atomic E-state index is 13.5. The van der Waals surface area contributed by atoms with E-state index in [1.54, 1.807) is 11.0 Å². The van der Waals surface area contributed by atoms with Gasteiger partial charge >= 0.3 is 5.97 Å². The Bertz CT molecular complexity index is 918. The van der Waals surface area contributed by atoms with Gasteiger partial charge in [-0.05, 0) is 36.3 Å².